The monoisotopic (exact) mass is 233 g/mol. The molecule has 0 aliphatic rings. The lowest BCUT2D eigenvalue weighted by Crippen LogP contribution is -1.90. The van der Waals surface area contributed by atoms with Gasteiger partial charge >= 0.3 is 0 Å². The van der Waals surface area contributed by atoms with Gasteiger partial charge in [-0.05, 0) is 37.1 Å². The fourth-order valence-electron chi connectivity index (χ4n) is 1.35. The van der Waals surface area contributed by atoms with Crippen LogP contribution in [-0.2, 0) is 0 Å². The molecular weight excluding hydrogens is 222 g/mol. The Balaban J connectivity index is 2.26. The Morgan fingerprint density at radius 2 is 1.94 bits per heavy atom. The summed E-state index contributed by atoms with van der Waals surface area (Å²) in [5.74, 6) is 1.38. The first-order chi connectivity index (χ1) is 7.65. The number of rotatable bonds is 2. The molecule has 0 saturated carbocycles. The minimum atomic E-state index is 0.554. The van der Waals surface area contributed by atoms with Gasteiger partial charge in [0.05, 0.1) is 5.02 Å². The summed E-state index contributed by atoms with van der Waals surface area (Å²) in [7, 11) is 0. The van der Waals surface area contributed by atoms with Crippen LogP contribution in [0.25, 0.3) is 0 Å². The molecule has 0 aliphatic heterocycles. The van der Waals surface area contributed by atoms with Crippen molar-refractivity contribution in [1.82, 2.24) is 4.98 Å². The normalized spacial score (nSPS) is 10.2. The molecule has 82 valence electrons. The summed E-state index contributed by atoms with van der Waals surface area (Å²) in [6.07, 6.45) is 1.57. The molecule has 0 radical (unpaired) electrons. The van der Waals surface area contributed by atoms with Crippen molar-refractivity contribution in [2.45, 2.75) is 13.8 Å². The van der Waals surface area contributed by atoms with Crippen molar-refractivity contribution in [2.75, 3.05) is 0 Å². The van der Waals surface area contributed by atoms with Gasteiger partial charge in [0.1, 0.15) is 5.75 Å². The Hall–Kier alpha value is -1.54. The Morgan fingerprint density at radius 1 is 1.12 bits per heavy atom. The number of aryl methyl sites for hydroxylation is 2. The highest BCUT2D eigenvalue weighted by molar-refractivity contribution is 6.30. The third-order valence-electron chi connectivity index (χ3n) is 2.26. The zero-order valence-electron chi connectivity index (χ0n) is 9.20. The van der Waals surface area contributed by atoms with E-state index in [9.17, 15) is 0 Å². The summed E-state index contributed by atoms with van der Waals surface area (Å²) >= 11 is 5.75. The average molecular weight is 234 g/mol. The van der Waals surface area contributed by atoms with Crippen molar-refractivity contribution in [3.8, 4) is 11.6 Å². The highest BCUT2D eigenvalue weighted by Crippen LogP contribution is 2.25. The molecule has 1 heterocycles. The first-order valence-corrected chi connectivity index (χ1v) is 5.39. The summed E-state index contributed by atoms with van der Waals surface area (Å²) in [5, 5.41) is 0.605. The molecular formula is C13H12ClNO. The van der Waals surface area contributed by atoms with Gasteiger partial charge in [-0.3, -0.25) is 0 Å². The fourth-order valence-corrected chi connectivity index (χ4v) is 1.46. The standard InChI is InChI=1S/C13H12ClNO/c1-9-3-4-10(2)12(7-9)16-13-6-5-11(14)8-15-13/h3-8H,1-2H3. The van der Waals surface area contributed by atoms with Gasteiger partial charge in [-0.1, -0.05) is 23.7 Å². The summed E-state index contributed by atoms with van der Waals surface area (Å²) in [4.78, 5) is 4.09. The number of hydrogen-bond acceptors (Lipinski definition) is 2. The van der Waals surface area contributed by atoms with Crippen LogP contribution < -0.4 is 4.74 Å². The molecule has 0 unspecified atom stereocenters. The maximum Gasteiger partial charge on any atom is 0.219 e. The SMILES string of the molecule is Cc1ccc(C)c(Oc2ccc(Cl)cn2)c1. The number of halogens is 1. The first kappa shape index (κ1) is 11.0. The molecule has 16 heavy (non-hydrogen) atoms. The number of aromatic nitrogens is 1. The molecule has 0 fully saturated rings. The van der Waals surface area contributed by atoms with Gasteiger partial charge in [0.2, 0.25) is 5.88 Å². The number of hydrogen-bond donors (Lipinski definition) is 0. The number of ether oxygens (including phenoxy) is 1. The van der Waals surface area contributed by atoms with Crippen molar-refractivity contribution >= 4 is 11.6 Å². The summed E-state index contributed by atoms with van der Waals surface area (Å²) in [6, 6.07) is 9.59. The molecule has 0 spiro atoms. The van der Waals surface area contributed by atoms with Crippen LogP contribution in [-0.4, -0.2) is 4.98 Å². The lowest BCUT2D eigenvalue weighted by molar-refractivity contribution is 0.459. The van der Waals surface area contributed by atoms with E-state index in [0.717, 1.165) is 16.9 Å². The molecule has 3 heteroatoms. The minimum absolute atomic E-state index is 0.554. The molecule has 2 nitrogen and oxygen atoms in total. The quantitative estimate of drug-likeness (QED) is 0.778. The van der Waals surface area contributed by atoms with E-state index in [0.29, 0.717) is 10.9 Å². The molecule has 0 atom stereocenters. The largest absolute Gasteiger partial charge is 0.439 e. The predicted molar refractivity (Wildman–Crippen MR) is 65.2 cm³/mol. The molecule has 0 saturated heterocycles. The van der Waals surface area contributed by atoms with Crippen molar-refractivity contribution < 1.29 is 4.74 Å². The van der Waals surface area contributed by atoms with Crippen molar-refractivity contribution in [2.24, 2.45) is 0 Å². The number of pyridine rings is 1. The molecule has 2 aromatic rings. The highest BCUT2D eigenvalue weighted by atomic mass is 35.5. The Morgan fingerprint density at radius 3 is 2.62 bits per heavy atom. The third kappa shape index (κ3) is 2.52. The van der Waals surface area contributed by atoms with Gasteiger partial charge in [0.15, 0.2) is 0 Å². The van der Waals surface area contributed by atoms with Gasteiger partial charge in [-0.25, -0.2) is 4.98 Å². The van der Waals surface area contributed by atoms with E-state index in [1.54, 1.807) is 18.3 Å². The molecule has 1 aromatic carbocycles. The first-order valence-electron chi connectivity index (χ1n) is 5.02. The van der Waals surface area contributed by atoms with E-state index in [4.69, 9.17) is 16.3 Å². The zero-order valence-corrected chi connectivity index (χ0v) is 9.95. The second kappa shape index (κ2) is 4.54. The van der Waals surface area contributed by atoms with Crippen molar-refractivity contribution in [3.63, 3.8) is 0 Å². The van der Waals surface area contributed by atoms with Crippen molar-refractivity contribution in [3.05, 3.63) is 52.7 Å². The average Bonchev–Trinajstić information content (AvgIpc) is 2.27. The highest BCUT2D eigenvalue weighted by Gasteiger charge is 2.02. The van der Waals surface area contributed by atoms with E-state index >= 15 is 0 Å². The topological polar surface area (TPSA) is 22.1 Å². The fraction of sp³-hybridized carbons (Fsp3) is 0.154. The van der Waals surface area contributed by atoms with E-state index < -0.39 is 0 Å². The zero-order chi connectivity index (χ0) is 11.5. The second-order valence-electron chi connectivity index (χ2n) is 3.69. The Bertz CT molecular complexity index is 494. The van der Waals surface area contributed by atoms with Crippen LogP contribution in [0.3, 0.4) is 0 Å². The van der Waals surface area contributed by atoms with Crippen LogP contribution in [0.15, 0.2) is 36.5 Å². The molecule has 2 rings (SSSR count). The van der Waals surface area contributed by atoms with Crippen LogP contribution in [0.5, 0.6) is 11.6 Å². The number of benzene rings is 1. The summed E-state index contributed by atoms with van der Waals surface area (Å²) in [6.45, 7) is 4.03. The maximum absolute atomic E-state index is 5.75. The lowest BCUT2D eigenvalue weighted by atomic mass is 10.1. The summed E-state index contributed by atoms with van der Waals surface area (Å²) in [5.41, 5.74) is 2.25. The third-order valence-corrected chi connectivity index (χ3v) is 2.48. The van der Waals surface area contributed by atoms with E-state index in [2.05, 4.69) is 11.1 Å². The summed E-state index contributed by atoms with van der Waals surface area (Å²) < 4.78 is 5.68. The van der Waals surface area contributed by atoms with E-state index in [1.807, 2.05) is 26.0 Å². The Kier molecular flexibility index (Phi) is 3.11. The molecule has 1 aromatic heterocycles. The van der Waals surface area contributed by atoms with Gasteiger partial charge in [-0.2, -0.15) is 0 Å². The smallest absolute Gasteiger partial charge is 0.219 e. The Labute approximate surface area is 99.9 Å². The maximum atomic E-state index is 5.75. The van der Waals surface area contributed by atoms with Gasteiger partial charge < -0.3 is 4.74 Å². The van der Waals surface area contributed by atoms with Gasteiger partial charge in [0, 0.05) is 12.3 Å². The minimum Gasteiger partial charge on any atom is -0.439 e. The van der Waals surface area contributed by atoms with Gasteiger partial charge in [0.25, 0.3) is 0 Å². The molecule has 0 bridgehead atoms. The second-order valence-corrected chi connectivity index (χ2v) is 4.12. The number of nitrogens with zero attached hydrogens (tertiary/aromatic N) is 1. The molecule has 0 N–H and O–H groups in total. The van der Waals surface area contributed by atoms with E-state index in [1.165, 1.54) is 0 Å². The van der Waals surface area contributed by atoms with Crippen LogP contribution in [0.2, 0.25) is 5.02 Å². The lowest BCUT2D eigenvalue weighted by Gasteiger charge is -2.08. The van der Waals surface area contributed by atoms with Gasteiger partial charge in [-0.15, -0.1) is 0 Å². The predicted octanol–water partition coefficient (Wildman–Crippen LogP) is 4.14. The van der Waals surface area contributed by atoms with Crippen LogP contribution in [0, 0.1) is 13.8 Å². The van der Waals surface area contributed by atoms with Crippen LogP contribution >= 0.6 is 11.6 Å². The van der Waals surface area contributed by atoms with E-state index in [-0.39, 0.29) is 0 Å². The van der Waals surface area contributed by atoms with Crippen LogP contribution in [0.1, 0.15) is 11.1 Å². The molecule has 0 aliphatic carbocycles. The van der Waals surface area contributed by atoms with Crippen LogP contribution in [0.4, 0.5) is 0 Å². The van der Waals surface area contributed by atoms with Crippen molar-refractivity contribution in [1.29, 1.82) is 0 Å². The molecule has 0 amide bonds.